The fraction of sp³-hybridized carbons (Fsp3) is 0.312. The van der Waals surface area contributed by atoms with Crippen molar-refractivity contribution in [2.24, 2.45) is 5.92 Å². The second kappa shape index (κ2) is 6.44. The Morgan fingerprint density at radius 3 is 2.91 bits per heavy atom. The van der Waals surface area contributed by atoms with E-state index < -0.39 is 0 Å². The van der Waals surface area contributed by atoms with Gasteiger partial charge in [-0.15, -0.1) is 0 Å². The highest BCUT2D eigenvalue weighted by Gasteiger charge is 2.20. The van der Waals surface area contributed by atoms with Gasteiger partial charge in [-0.1, -0.05) is 6.92 Å². The minimum Gasteiger partial charge on any atom is -0.356 e. The van der Waals surface area contributed by atoms with Crippen LogP contribution in [0.4, 0.5) is 11.6 Å². The monoisotopic (exact) mass is 360 g/mol. The van der Waals surface area contributed by atoms with Crippen molar-refractivity contribution in [3.63, 3.8) is 0 Å². The summed E-state index contributed by atoms with van der Waals surface area (Å²) in [5.41, 5.74) is 0.592. The maximum Gasteiger partial charge on any atom is 0.257 e. The number of carbonyl (C=O) groups is 1. The van der Waals surface area contributed by atoms with Gasteiger partial charge >= 0.3 is 0 Å². The van der Waals surface area contributed by atoms with Crippen LogP contribution in [-0.2, 0) is 0 Å². The molecular weight excluding hydrogens is 344 g/mol. The molecule has 1 atom stereocenters. The molecule has 0 radical (unpaired) electrons. The van der Waals surface area contributed by atoms with Crippen molar-refractivity contribution in [1.82, 2.24) is 9.97 Å². The number of anilines is 2. The summed E-state index contributed by atoms with van der Waals surface area (Å²) in [6, 6.07) is 7.15. The van der Waals surface area contributed by atoms with E-state index in [4.69, 9.17) is 0 Å². The molecule has 1 aliphatic heterocycles. The third kappa shape index (κ3) is 3.44. The lowest BCUT2D eigenvalue weighted by atomic mass is 10.2. The number of pyridine rings is 2. The number of rotatable bonds is 3. The molecule has 6 heteroatoms. The van der Waals surface area contributed by atoms with E-state index in [0.29, 0.717) is 17.3 Å². The van der Waals surface area contributed by atoms with E-state index in [-0.39, 0.29) is 5.91 Å². The molecule has 5 nitrogen and oxygen atoms in total. The first-order valence-corrected chi connectivity index (χ1v) is 8.05. The Bertz CT molecular complexity index is 674. The Kier molecular flexibility index (Phi) is 4.38. The quantitative estimate of drug-likeness (QED) is 0.911. The maximum atomic E-state index is 12.3. The van der Waals surface area contributed by atoms with Crippen LogP contribution in [0.5, 0.6) is 0 Å². The van der Waals surface area contributed by atoms with Crippen molar-refractivity contribution in [3.8, 4) is 0 Å². The highest BCUT2D eigenvalue weighted by molar-refractivity contribution is 9.10. The van der Waals surface area contributed by atoms with E-state index in [1.54, 1.807) is 24.5 Å². The molecule has 1 aliphatic rings. The molecule has 0 aliphatic carbocycles. The van der Waals surface area contributed by atoms with Crippen LogP contribution in [0.3, 0.4) is 0 Å². The van der Waals surface area contributed by atoms with Gasteiger partial charge in [-0.25, -0.2) is 9.97 Å². The van der Waals surface area contributed by atoms with Crippen LogP contribution >= 0.6 is 15.9 Å². The summed E-state index contributed by atoms with van der Waals surface area (Å²) in [5, 5.41) is 2.79. The van der Waals surface area contributed by atoms with E-state index in [1.807, 2.05) is 12.1 Å². The topological polar surface area (TPSA) is 58.1 Å². The minimum absolute atomic E-state index is 0.175. The SMILES string of the molecule is C[C@H]1CCN(c2cc(C(=O)Nc3ccc(Br)cn3)ccn2)C1. The standard InChI is InChI=1S/C16H17BrN4O/c1-11-5-7-21(10-11)15-8-12(4-6-18-15)16(22)20-14-3-2-13(17)9-19-14/h2-4,6,8-9,11H,5,7,10H2,1H3,(H,19,20,22)/t11-/m0/s1. The summed E-state index contributed by atoms with van der Waals surface area (Å²) in [6.07, 6.45) is 4.50. The number of nitrogens with zero attached hydrogens (tertiary/aromatic N) is 3. The molecule has 1 saturated heterocycles. The molecular formula is C16H17BrN4O. The normalized spacial score (nSPS) is 17.5. The lowest BCUT2D eigenvalue weighted by molar-refractivity contribution is 0.102. The van der Waals surface area contributed by atoms with E-state index in [0.717, 1.165) is 23.4 Å². The van der Waals surface area contributed by atoms with Crippen LogP contribution in [0, 0.1) is 5.92 Å². The summed E-state index contributed by atoms with van der Waals surface area (Å²) >= 11 is 3.32. The van der Waals surface area contributed by atoms with Gasteiger partial charge in [0, 0.05) is 35.5 Å². The lowest BCUT2D eigenvalue weighted by Crippen LogP contribution is -2.21. The first kappa shape index (κ1) is 15.0. The molecule has 2 aromatic heterocycles. The summed E-state index contributed by atoms with van der Waals surface area (Å²) in [5.74, 6) is 1.89. The fourth-order valence-electron chi connectivity index (χ4n) is 2.51. The first-order chi connectivity index (χ1) is 10.6. The summed E-state index contributed by atoms with van der Waals surface area (Å²) in [4.78, 5) is 23.1. The first-order valence-electron chi connectivity index (χ1n) is 7.26. The highest BCUT2D eigenvalue weighted by atomic mass is 79.9. The summed E-state index contributed by atoms with van der Waals surface area (Å²) in [6.45, 7) is 4.22. The van der Waals surface area contributed by atoms with Gasteiger partial charge in [0.15, 0.2) is 0 Å². The van der Waals surface area contributed by atoms with Gasteiger partial charge in [0.1, 0.15) is 11.6 Å². The molecule has 2 aromatic rings. The fourth-order valence-corrected chi connectivity index (χ4v) is 2.75. The zero-order valence-corrected chi connectivity index (χ0v) is 13.9. The molecule has 114 valence electrons. The van der Waals surface area contributed by atoms with Crippen LogP contribution < -0.4 is 10.2 Å². The van der Waals surface area contributed by atoms with Crippen LogP contribution in [0.15, 0.2) is 41.1 Å². The number of hydrogen-bond acceptors (Lipinski definition) is 4. The Morgan fingerprint density at radius 1 is 1.36 bits per heavy atom. The number of nitrogens with one attached hydrogen (secondary N) is 1. The van der Waals surface area contributed by atoms with Gasteiger partial charge in [0.2, 0.25) is 0 Å². The van der Waals surface area contributed by atoms with Crippen molar-refractivity contribution < 1.29 is 4.79 Å². The van der Waals surface area contributed by atoms with Gasteiger partial charge in [-0.3, -0.25) is 4.79 Å². The number of aromatic nitrogens is 2. The summed E-state index contributed by atoms with van der Waals surface area (Å²) < 4.78 is 0.875. The Hall–Kier alpha value is -1.95. The number of carbonyl (C=O) groups excluding carboxylic acids is 1. The lowest BCUT2D eigenvalue weighted by Gasteiger charge is -2.17. The van der Waals surface area contributed by atoms with Gasteiger partial charge in [0.25, 0.3) is 5.91 Å². The van der Waals surface area contributed by atoms with E-state index in [1.165, 1.54) is 6.42 Å². The predicted octanol–water partition coefficient (Wildman–Crippen LogP) is 3.34. The Balaban J connectivity index is 1.74. The molecule has 1 N–H and O–H groups in total. The third-order valence-corrected chi connectivity index (χ3v) is 4.19. The zero-order chi connectivity index (χ0) is 15.5. The Labute approximate surface area is 137 Å². The van der Waals surface area contributed by atoms with Gasteiger partial charge in [-0.2, -0.15) is 0 Å². The molecule has 0 saturated carbocycles. The van der Waals surface area contributed by atoms with Gasteiger partial charge in [0.05, 0.1) is 0 Å². The van der Waals surface area contributed by atoms with Crippen LogP contribution in [0.2, 0.25) is 0 Å². The van der Waals surface area contributed by atoms with Crippen molar-refractivity contribution >= 4 is 33.5 Å². The number of amides is 1. The molecule has 0 bridgehead atoms. The molecule has 1 fully saturated rings. The largest absolute Gasteiger partial charge is 0.356 e. The molecule has 0 spiro atoms. The van der Waals surface area contributed by atoms with Crippen molar-refractivity contribution in [2.45, 2.75) is 13.3 Å². The summed E-state index contributed by atoms with van der Waals surface area (Å²) in [7, 11) is 0. The second-order valence-corrected chi connectivity index (χ2v) is 6.47. The molecule has 3 rings (SSSR count). The average molecular weight is 361 g/mol. The Morgan fingerprint density at radius 2 is 2.23 bits per heavy atom. The number of halogens is 1. The van der Waals surface area contributed by atoms with Crippen LogP contribution in [0.1, 0.15) is 23.7 Å². The average Bonchev–Trinajstić information content (AvgIpc) is 2.96. The smallest absolute Gasteiger partial charge is 0.257 e. The second-order valence-electron chi connectivity index (χ2n) is 5.56. The van der Waals surface area contributed by atoms with Gasteiger partial charge < -0.3 is 10.2 Å². The van der Waals surface area contributed by atoms with Crippen molar-refractivity contribution in [1.29, 1.82) is 0 Å². The molecule has 0 unspecified atom stereocenters. The maximum absolute atomic E-state index is 12.3. The third-order valence-electron chi connectivity index (χ3n) is 3.72. The predicted molar refractivity (Wildman–Crippen MR) is 90.1 cm³/mol. The molecule has 0 aromatic carbocycles. The van der Waals surface area contributed by atoms with Crippen molar-refractivity contribution in [3.05, 3.63) is 46.7 Å². The van der Waals surface area contributed by atoms with Crippen LogP contribution in [0.25, 0.3) is 0 Å². The van der Waals surface area contributed by atoms with E-state index >= 15 is 0 Å². The molecule has 3 heterocycles. The van der Waals surface area contributed by atoms with Crippen molar-refractivity contribution in [2.75, 3.05) is 23.3 Å². The highest BCUT2D eigenvalue weighted by Crippen LogP contribution is 2.22. The van der Waals surface area contributed by atoms with Gasteiger partial charge in [-0.05, 0) is 52.5 Å². The van der Waals surface area contributed by atoms with Crippen LogP contribution in [-0.4, -0.2) is 29.0 Å². The molecule has 22 heavy (non-hydrogen) atoms. The minimum atomic E-state index is -0.175. The van der Waals surface area contributed by atoms with E-state index in [9.17, 15) is 4.79 Å². The molecule has 1 amide bonds. The zero-order valence-electron chi connectivity index (χ0n) is 12.3. The number of hydrogen-bond donors (Lipinski definition) is 1. The van der Waals surface area contributed by atoms with E-state index in [2.05, 4.69) is 43.0 Å².